The molecule has 0 aromatic heterocycles. The number of benzene rings is 2. The Hall–Kier alpha value is -2.40. The molecule has 0 heterocycles. The first kappa shape index (κ1) is 16.0. The predicted molar refractivity (Wildman–Crippen MR) is 84.7 cm³/mol. The second-order valence-corrected chi connectivity index (χ2v) is 4.97. The summed E-state index contributed by atoms with van der Waals surface area (Å²) in [5, 5.41) is 5.39. The zero-order chi connectivity index (χ0) is 16.1. The van der Waals surface area contributed by atoms with Crippen molar-refractivity contribution < 1.29 is 14.0 Å². The van der Waals surface area contributed by atoms with Gasteiger partial charge in [-0.3, -0.25) is 9.59 Å². The van der Waals surface area contributed by atoms with Crippen molar-refractivity contribution in [3.8, 4) is 0 Å². The molecule has 4 nitrogen and oxygen atoms in total. The summed E-state index contributed by atoms with van der Waals surface area (Å²) < 4.78 is 13.0. The molecule has 0 aliphatic rings. The van der Waals surface area contributed by atoms with Crippen molar-refractivity contribution in [1.82, 2.24) is 0 Å². The molecule has 0 saturated carbocycles. The molecule has 2 aromatic rings. The maximum Gasteiger partial charge on any atom is 0.257 e. The highest BCUT2D eigenvalue weighted by Crippen LogP contribution is 2.20. The van der Waals surface area contributed by atoms with Gasteiger partial charge in [0.05, 0.1) is 10.6 Å². The number of amides is 2. The topological polar surface area (TPSA) is 58.2 Å². The van der Waals surface area contributed by atoms with Crippen molar-refractivity contribution >= 4 is 34.8 Å². The van der Waals surface area contributed by atoms with Crippen LogP contribution in [0.25, 0.3) is 0 Å². The SMILES string of the molecule is CCC(=O)Nc1cccc(NC(=O)c2ccc(F)cc2Cl)c1. The molecule has 0 aliphatic carbocycles. The summed E-state index contributed by atoms with van der Waals surface area (Å²) in [5.74, 6) is -1.08. The fourth-order valence-electron chi connectivity index (χ4n) is 1.80. The Labute approximate surface area is 132 Å². The van der Waals surface area contributed by atoms with Crippen LogP contribution in [-0.4, -0.2) is 11.8 Å². The molecule has 0 bridgehead atoms. The lowest BCUT2D eigenvalue weighted by Gasteiger charge is -2.09. The molecule has 0 fully saturated rings. The zero-order valence-electron chi connectivity index (χ0n) is 11.8. The van der Waals surface area contributed by atoms with Gasteiger partial charge in [0.25, 0.3) is 5.91 Å². The molecule has 0 radical (unpaired) electrons. The summed E-state index contributed by atoms with van der Waals surface area (Å²) >= 11 is 5.85. The van der Waals surface area contributed by atoms with Gasteiger partial charge in [-0.1, -0.05) is 24.6 Å². The normalized spacial score (nSPS) is 10.1. The van der Waals surface area contributed by atoms with Gasteiger partial charge in [0.2, 0.25) is 5.91 Å². The van der Waals surface area contributed by atoms with Gasteiger partial charge in [-0.2, -0.15) is 0 Å². The largest absolute Gasteiger partial charge is 0.326 e. The average Bonchev–Trinajstić information content (AvgIpc) is 2.47. The summed E-state index contributed by atoms with van der Waals surface area (Å²) in [7, 11) is 0. The van der Waals surface area contributed by atoms with Gasteiger partial charge >= 0.3 is 0 Å². The Morgan fingerprint density at radius 1 is 1.09 bits per heavy atom. The third-order valence-electron chi connectivity index (χ3n) is 2.90. The first-order valence-corrected chi connectivity index (χ1v) is 7.03. The van der Waals surface area contributed by atoms with Crippen LogP contribution in [0.15, 0.2) is 42.5 Å². The van der Waals surface area contributed by atoms with Crippen LogP contribution in [0.2, 0.25) is 5.02 Å². The summed E-state index contributed by atoms with van der Waals surface area (Å²) in [6.45, 7) is 1.75. The molecule has 2 N–H and O–H groups in total. The standard InChI is InChI=1S/C16H14ClFN2O2/c1-2-15(21)19-11-4-3-5-12(9-11)20-16(22)13-7-6-10(18)8-14(13)17/h3-9H,2H2,1H3,(H,19,21)(H,20,22). The van der Waals surface area contributed by atoms with Crippen LogP contribution < -0.4 is 10.6 Å². The van der Waals surface area contributed by atoms with Crippen LogP contribution in [0.3, 0.4) is 0 Å². The van der Waals surface area contributed by atoms with E-state index in [2.05, 4.69) is 10.6 Å². The van der Waals surface area contributed by atoms with Gasteiger partial charge < -0.3 is 10.6 Å². The molecule has 2 amide bonds. The summed E-state index contributed by atoms with van der Waals surface area (Å²) in [6, 6.07) is 10.3. The highest BCUT2D eigenvalue weighted by atomic mass is 35.5. The Bertz CT molecular complexity index is 719. The van der Waals surface area contributed by atoms with E-state index in [1.165, 1.54) is 12.1 Å². The first-order valence-electron chi connectivity index (χ1n) is 6.66. The quantitative estimate of drug-likeness (QED) is 0.891. The van der Waals surface area contributed by atoms with Gasteiger partial charge in [-0.15, -0.1) is 0 Å². The van der Waals surface area contributed by atoms with E-state index in [9.17, 15) is 14.0 Å². The molecule has 114 valence electrons. The van der Waals surface area contributed by atoms with E-state index in [1.54, 1.807) is 31.2 Å². The van der Waals surface area contributed by atoms with Gasteiger partial charge in [-0.05, 0) is 36.4 Å². The number of hydrogen-bond acceptors (Lipinski definition) is 2. The average molecular weight is 321 g/mol. The summed E-state index contributed by atoms with van der Waals surface area (Å²) in [4.78, 5) is 23.5. The summed E-state index contributed by atoms with van der Waals surface area (Å²) in [5.41, 5.74) is 1.25. The molecule has 0 saturated heterocycles. The molecule has 6 heteroatoms. The fraction of sp³-hybridized carbons (Fsp3) is 0.125. The third-order valence-corrected chi connectivity index (χ3v) is 3.21. The number of anilines is 2. The van der Waals surface area contributed by atoms with Crippen molar-refractivity contribution in [3.05, 3.63) is 58.9 Å². The van der Waals surface area contributed by atoms with Crippen LogP contribution in [0.4, 0.5) is 15.8 Å². The van der Waals surface area contributed by atoms with Crippen LogP contribution in [0.5, 0.6) is 0 Å². The number of hydrogen-bond donors (Lipinski definition) is 2. The monoisotopic (exact) mass is 320 g/mol. The molecule has 0 spiro atoms. The number of nitrogens with one attached hydrogen (secondary N) is 2. The highest BCUT2D eigenvalue weighted by molar-refractivity contribution is 6.34. The minimum Gasteiger partial charge on any atom is -0.326 e. The first-order chi connectivity index (χ1) is 10.5. The smallest absolute Gasteiger partial charge is 0.257 e. The molecular weight excluding hydrogens is 307 g/mol. The van der Waals surface area contributed by atoms with Crippen LogP contribution >= 0.6 is 11.6 Å². The number of carbonyl (C=O) groups is 2. The minimum absolute atomic E-state index is 0.0351. The van der Waals surface area contributed by atoms with Crippen LogP contribution in [-0.2, 0) is 4.79 Å². The van der Waals surface area contributed by atoms with Gasteiger partial charge in [0.1, 0.15) is 5.82 Å². The second-order valence-electron chi connectivity index (χ2n) is 4.56. The van der Waals surface area contributed by atoms with Crippen LogP contribution in [0.1, 0.15) is 23.7 Å². The molecule has 0 aliphatic heterocycles. The van der Waals surface area contributed by atoms with E-state index in [0.717, 1.165) is 6.07 Å². The maximum absolute atomic E-state index is 13.0. The van der Waals surface area contributed by atoms with Gasteiger partial charge in [-0.25, -0.2) is 4.39 Å². The predicted octanol–water partition coefficient (Wildman–Crippen LogP) is 4.08. The third kappa shape index (κ3) is 4.05. The second kappa shape index (κ2) is 7.04. The highest BCUT2D eigenvalue weighted by Gasteiger charge is 2.11. The lowest BCUT2D eigenvalue weighted by atomic mass is 10.2. The Morgan fingerprint density at radius 2 is 1.77 bits per heavy atom. The van der Waals surface area contributed by atoms with E-state index in [4.69, 9.17) is 11.6 Å². The van der Waals surface area contributed by atoms with Crippen molar-refractivity contribution in [2.75, 3.05) is 10.6 Å². The maximum atomic E-state index is 13.0. The Morgan fingerprint density at radius 3 is 2.41 bits per heavy atom. The van der Waals surface area contributed by atoms with E-state index in [-0.39, 0.29) is 16.5 Å². The zero-order valence-corrected chi connectivity index (χ0v) is 12.6. The van der Waals surface area contributed by atoms with E-state index in [1.807, 2.05) is 0 Å². The number of halogens is 2. The number of carbonyl (C=O) groups excluding carboxylic acids is 2. The molecule has 2 rings (SSSR count). The van der Waals surface area contributed by atoms with E-state index < -0.39 is 11.7 Å². The molecule has 2 aromatic carbocycles. The lowest BCUT2D eigenvalue weighted by molar-refractivity contribution is -0.115. The van der Waals surface area contributed by atoms with Gasteiger partial charge in [0, 0.05) is 17.8 Å². The Kier molecular flexibility index (Phi) is 5.12. The van der Waals surface area contributed by atoms with Crippen molar-refractivity contribution in [1.29, 1.82) is 0 Å². The van der Waals surface area contributed by atoms with Crippen LogP contribution in [0, 0.1) is 5.82 Å². The number of rotatable bonds is 4. The molecule has 0 unspecified atom stereocenters. The Balaban J connectivity index is 2.14. The van der Waals surface area contributed by atoms with Crippen molar-refractivity contribution in [2.45, 2.75) is 13.3 Å². The minimum atomic E-state index is -0.508. The van der Waals surface area contributed by atoms with Crippen molar-refractivity contribution in [3.63, 3.8) is 0 Å². The molecular formula is C16H14ClFN2O2. The van der Waals surface area contributed by atoms with E-state index >= 15 is 0 Å². The van der Waals surface area contributed by atoms with Gasteiger partial charge in [0.15, 0.2) is 0 Å². The molecule has 22 heavy (non-hydrogen) atoms. The van der Waals surface area contributed by atoms with Crippen molar-refractivity contribution in [2.24, 2.45) is 0 Å². The fourth-order valence-corrected chi connectivity index (χ4v) is 2.05. The molecule has 0 atom stereocenters. The van der Waals surface area contributed by atoms with E-state index in [0.29, 0.717) is 17.8 Å². The lowest BCUT2D eigenvalue weighted by Crippen LogP contribution is -2.13. The summed E-state index contributed by atoms with van der Waals surface area (Å²) in [6.07, 6.45) is 0.363.